The van der Waals surface area contributed by atoms with Gasteiger partial charge in [-0.25, -0.2) is 4.79 Å². The van der Waals surface area contributed by atoms with Gasteiger partial charge in [-0.3, -0.25) is 0 Å². The third-order valence-corrected chi connectivity index (χ3v) is 5.93. The standard InChI is InChI=1S/C24H28O3/c1-15(16-8-7-9-17(12-16)22(26)27-6)18-13-19-20(14-21(18)25)24(4,5)11-10-23(19,2)3/h7-9,12-14,25H,1,10-11H2,2-6H3. The second-order valence-corrected chi connectivity index (χ2v) is 8.73. The highest BCUT2D eigenvalue weighted by Crippen LogP contribution is 2.48. The molecule has 27 heavy (non-hydrogen) atoms. The number of hydrogen-bond donors (Lipinski definition) is 1. The number of methoxy groups -OCH3 is 1. The number of hydrogen-bond acceptors (Lipinski definition) is 3. The molecule has 0 unspecified atom stereocenters. The van der Waals surface area contributed by atoms with Crippen molar-refractivity contribution in [3.63, 3.8) is 0 Å². The number of esters is 1. The molecule has 1 N–H and O–H groups in total. The zero-order valence-electron chi connectivity index (χ0n) is 16.8. The van der Waals surface area contributed by atoms with Crippen molar-refractivity contribution in [1.29, 1.82) is 0 Å². The summed E-state index contributed by atoms with van der Waals surface area (Å²) >= 11 is 0. The SMILES string of the molecule is C=C(c1cccc(C(=O)OC)c1)c1cc2c(cc1O)C(C)(C)CCC2(C)C. The van der Waals surface area contributed by atoms with Gasteiger partial charge in [0.2, 0.25) is 0 Å². The van der Waals surface area contributed by atoms with Crippen molar-refractivity contribution in [3.8, 4) is 5.75 Å². The first-order chi connectivity index (χ1) is 12.6. The van der Waals surface area contributed by atoms with E-state index < -0.39 is 0 Å². The summed E-state index contributed by atoms with van der Waals surface area (Å²) in [6.07, 6.45) is 2.19. The van der Waals surface area contributed by atoms with Gasteiger partial charge in [0, 0.05) is 5.56 Å². The van der Waals surface area contributed by atoms with Crippen molar-refractivity contribution < 1.29 is 14.6 Å². The Morgan fingerprint density at radius 1 is 1.00 bits per heavy atom. The predicted octanol–water partition coefficient (Wildman–Crippen LogP) is 5.59. The topological polar surface area (TPSA) is 46.5 Å². The number of carbonyl (C=O) groups is 1. The molecule has 0 spiro atoms. The number of rotatable bonds is 3. The van der Waals surface area contributed by atoms with Gasteiger partial charge in [-0.15, -0.1) is 0 Å². The average molecular weight is 364 g/mol. The Labute approximate surface area is 161 Å². The summed E-state index contributed by atoms with van der Waals surface area (Å²) in [6.45, 7) is 13.2. The van der Waals surface area contributed by atoms with E-state index in [1.807, 2.05) is 12.1 Å². The summed E-state index contributed by atoms with van der Waals surface area (Å²) in [5.41, 5.74) is 5.21. The van der Waals surface area contributed by atoms with Crippen molar-refractivity contribution in [2.24, 2.45) is 0 Å². The van der Waals surface area contributed by atoms with Crippen molar-refractivity contribution in [2.45, 2.75) is 51.4 Å². The van der Waals surface area contributed by atoms with E-state index >= 15 is 0 Å². The fourth-order valence-electron chi connectivity index (χ4n) is 3.95. The first kappa shape index (κ1) is 19.2. The molecule has 1 aliphatic carbocycles. The van der Waals surface area contributed by atoms with Crippen molar-refractivity contribution in [3.05, 3.63) is 70.8 Å². The van der Waals surface area contributed by atoms with Crippen LogP contribution < -0.4 is 0 Å². The Balaban J connectivity index is 2.11. The van der Waals surface area contributed by atoms with E-state index in [4.69, 9.17) is 4.74 Å². The molecule has 3 heteroatoms. The number of aromatic hydroxyl groups is 1. The molecular formula is C24H28O3. The average Bonchev–Trinajstić information content (AvgIpc) is 2.64. The maximum Gasteiger partial charge on any atom is 0.337 e. The highest BCUT2D eigenvalue weighted by Gasteiger charge is 2.38. The van der Waals surface area contributed by atoms with Crippen LogP contribution in [0.4, 0.5) is 0 Å². The molecule has 3 rings (SSSR count). The minimum absolute atomic E-state index is 0.0347. The monoisotopic (exact) mass is 364 g/mol. The van der Waals surface area contributed by atoms with Gasteiger partial charge < -0.3 is 9.84 Å². The quantitative estimate of drug-likeness (QED) is 0.722. The molecule has 2 aromatic rings. The zero-order valence-corrected chi connectivity index (χ0v) is 16.8. The summed E-state index contributed by atoms with van der Waals surface area (Å²) in [5.74, 6) is -0.157. The van der Waals surface area contributed by atoms with Crippen LogP contribution in [0.15, 0.2) is 43.0 Å². The molecule has 1 aliphatic rings. The lowest BCUT2D eigenvalue weighted by atomic mass is 9.62. The predicted molar refractivity (Wildman–Crippen MR) is 109 cm³/mol. The molecule has 0 saturated carbocycles. The van der Waals surface area contributed by atoms with Crippen molar-refractivity contribution >= 4 is 11.5 Å². The third kappa shape index (κ3) is 3.39. The molecule has 2 aromatic carbocycles. The van der Waals surface area contributed by atoms with Gasteiger partial charge in [0.15, 0.2) is 0 Å². The molecule has 0 radical (unpaired) electrons. The Morgan fingerprint density at radius 3 is 2.15 bits per heavy atom. The van der Waals surface area contributed by atoms with Crippen LogP contribution in [-0.4, -0.2) is 18.2 Å². The maximum atomic E-state index is 11.8. The van der Waals surface area contributed by atoms with Gasteiger partial charge in [-0.1, -0.05) is 46.4 Å². The number of ether oxygens (including phenoxy) is 1. The van der Waals surface area contributed by atoms with Crippen molar-refractivity contribution in [1.82, 2.24) is 0 Å². The third-order valence-electron chi connectivity index (χ3n) is 5.93. The number of carbonyl (C=O) groups excluding carboxylic acids is 1. The molecule has 3 nitrogen and oxygen atoms in total. The lowest BCUT2D eigenvalue weighted by Crippen LogP contribution is -2.33. The van der Waals surface area contributed by atoms with E-state index in [0.717, 1.165) is 18.4 Å². The normalized spacial score (nSPS) is 17.1. The van der Waals surface area contributed by atoms with E-state index in [1.165, 1.54) is 18.2 Å². The van der Waals surface area contributed by atoms with E-state index in [2.05, 4.69) is 40.3 Å². The summed E-state index contributed by atoms with van der Waals surface area (Å²) in [4.78, 5) is 11.8. The zero-order chi connectivity index (χ0) is 20.0. The van der Waals surface area contributed by atoms with Crippen LogP contribution in [0.5, 0.6) is 5.75 Å². The second kappa shape index (κ2) is 6.56. The summed E-state index contributed by atoms with van der Waals surface area (Å²) in [5, 5.41) is 10.8. The van der Waals surface area contributed by atoms with Gasteiger partial charge in [-0.2, -0.15) is 0 Å². The van der Waals surface area contributed by atoms with E-state index in [9.17, 15) is 9.90 Å². The van der Waals surface area contributed by atoms with Crippen LogP contribution in [0.2, 0.25) is 0 Å². The van der Waals surface area contributed by atoms with Crippen LogP contribution in [0.1, 0.15) is 73.1 Å². The Hall–Kier alpha value is -2.55. The van der Waals surface area contributed by atoms with E-state index in [-0.39, 0.29) is 22.5 Å². The molecule has 0 saturated heterocycles. The number of phenolic OH excluding ortho intramolecular Hbond substituents is 1. The molecule has 0 heterocycles. The molecule has 0 aromatic heterocycles. The largest absolute Gasteiger partial charge is 0.507 e. The first-order valence-electron chi connectivity index (χ1n) is 9.33. The molecule has 0 atom stereocenters. The van der Waals surface area contributed by atoms with Crippen LogP contribution in [0.25, 0.3) is 5.57 Å². The van der Waals surface area contributed by atoms with Crippen LogP contribution >= 0.6 is 0 Å². The first-order valence-corrected chi connectivity index (χ1v) is 9.33. The highest BCUT2D eigenvalue weighted by atomic mass is 16.5. The lowest BCUT2D eigenvalue weighted by Gasteiger charge is -2.42. The molecule has 0 bridgehead atoms. The highest BCUT2D eigenvalue weighted by molar-refractivity contribution is 5.92. The molecular weight excluding hydrogens is 336 g/mol. The van der Waals surface area contributed by atoms with Gasteiger partial charge in [0.25, 0.3) is 0 Å². The van der Waals surface area contributed by atoms with Crippen molar-refractivity contribution in [2.75, 3.05) is 7.11 Å². The lowest BCUT2D eigenvalue weighted by molar-refractivity contribution is 0.0600. The molecule has 0 fully saturated rings. The minimum Gasteiger partial charge on any atom is -0.507 e. The fraction of sp³-hybridized carbons (Fsp3) is 0.375. The Bertz CT molecular complexity index is 919. The fourth-order valence-corrected chi connectivity index (χ4v) is 3.95. The van der Waals surface area contributed by atoms with Gasteiger partial charge >= 0.3 is 5.97 Å². The summed E-state index contributed by atoms with van der Waals surface area (Å²) in [6, 6.07) is 11.1. The van der Waals surface area contributed by atoms with Crippen LogP contribution in [0.3, 0.4) is 0 Å². The molecule has 0 amide bonds. The number of benzene rings is 2. The summed E-state index contributed by atoms with van der Waals surface area (Å²) in [7, 11) is 1.36. The number of fused-ring (bicyclic) bond motifs is 1. The summed E-state index contributed by atoms with van der Waals surface area (Å²) < 4.78 is 4.81. The molecule has 0 aliphatic heterocycles. The Kier molecular flexibility index (Phi) is 4.67. The van der Waals surface area contributed by atoms with Gasteiger partial charge in [-0.05, 0) is 70.2 Å². The van der Waals surface area contributed by atoms with Gasteiger partial charge in [0.1, 0.15) is 5.75 Å². The smallest absolute Gasteiger partial charge is 0.337 e. The maximum absolute atomic E-state index is 11.8. The van der Waals surface area contributed by atoms with E-state index in [0.29, 0.717) is 16.7 Å². The van der Waals surface area contributed by atoms with Crippen LogP contribution in [-0.2, 0) is 15.6 Å². The Morgan fingerprint density at radius 2 is 1.56 bits per heavy atom. The molecule has 142 valence electrons. The van der Waals surface area contributed by atoms with E-state index in [1.54, 1.807) is 18.2 Å². The van der Waals surface area contributed by atoms with Gasteiger partial charge in [0.05, 0.1) is 12.7 Å². The number of phenols is 1. The minimum atomic E-state index is -0.387. The second-order valence-electron chi connectivity index (χ2n) is 8.73. The van der Waals surface area contributed by atoms with Crippen LogP contribution in [0, 0.1) is 0 Å².